The third kappa shape index (κ3) is 6.77. The van der Waals surface area contributed by atoms with E-state index in [4.69, 9.17) is 4.74 Å². The van der Waals surface area contributed by atoms with E-state index in [0.29, 0.717) is 19.6 Å². The highest BCUT2D eigenvalue weighted by Gasteiger charge is 2.10. The van der Waals surface area contributed by atoms with Gasteiger partial charge in [0.1, 0.15) is 6.61 Å². The lowest BCUT2D eigenvalue weighted by atomic mass is 10.1. The first-order valence-corrected chi connectivity index (χ1v) is 6.81. The van der Waals surface area contributed by atoms with Gasteiger partial charge in [0.25, 0.3) is 0 Å². The molecule has 1 rings (SSSR count). The number of hydrogen-bond acceptors (Lipinski definition) is 3. The first kappa shape index (κ1) is 15.2. The molecule has 0 amide bonds. The van der Waals surface area contributed by atoms with Gasteiger partial charge in [-0.3, -0.25) is 4.79 Å². The Bertz CT molecular complexity index is 382. The van der Waals surface area contributed by atoms with Crippen molar-refractivity contribution in [3.05, 3.63) is 34.3 Å². The van der Waals surface area contributed by atoms with Gasteiger partial charge >= 0.3 is 5.97 Å². The van der Waals surface area contributed by atoms with Crippen molar-refractivity contribution in [1.29, 1.82) is 0 Å². The van der Waals surface area contributed by atoms with E-state index in [1.807, 2.05) is 24.3 Å². The fraction of sp³-hybridized carbons (Fsp3) is 0.500. The largest absolute Gasteiger partial charge is 0.461 e. The molecule has 0 saturated carbocycles. The summed E-state index contributed by atoms with van der Waals surface area (Å²) in [7, 11) is 0. The average molecular weight is 314 g/mol. The lowest BCUT2D eigenvalue weighted by Gasteiger charge is -2.19. The fourth-order valence-corrected chi connectivity index (χ4v) is 1.62. The minimum Gasteiger partial charge on any atom is -0.461 e. The number of carbonyl (C=O) groups is 1. The quantitative estimate of drug-likeness (QED) is 0.848. The molecule has 0 heterocycles. The van der Waals surface area contributed by atoms with Crippen molar-refractivity contribution in [2.75, 3.05) is 6.54 Å². The summed E-state index contributed by atoms with van der Waals surface area (Å²) < 4.78 is 6.21. The van der Waals surface area contributed by atoms with Crippen LogP contribution in [-0.4, -0.2) is 18.1 Å². The first-order valence-electron chi connectivity index (χ1n) is 6.02. The van der Waals surface area contributed by atoms with Crippen LogP contribution in [0.5, 0.6) is 0 Å². The summed E-state index contributed by atoms with van der Waals surface area (Å²) in [5, 5.41) is 3.25. The molecule has 0 atom stereocenters. The summed E-state index contributed by atoms with van der Waals surface area (Å²) in [5.74, 6) is -0.172. The van der Waals surface area contributed by atoms with Gasteiger partial charge in [-0.15, -0.1) is 0 Å². The van der Waals surface area contributed by atoms with E-state index in [1.54, 1.807) is 0 Å². The number of benzene rings is 1. The van der Waals surface area contributed by atoms with Crippen LogP contribution in [0.25, 0.3) is 0 Å². The zero-order chi connectivity index (χ0) is 13.6. The summed E-state index contributed by atoms with van der Waals surface area (Å²) in [6.07, 6.45) is 0.397. The number of nitrogens with one attached hydrogen (secondary N) is 1. The highest BCUT2D eigenvalue weighted by atomic mass is 79.9. The van der Waals surface area contributed by atoms with Crippen molar-refractivity contribution < 1.29 is 9.53 Å². The Hall–Kier alpha value is -0.870. The minimum absolute atomic E-state index is 0.0337. The van der Waals surface area contributed by atoms with Crippen molar-refractivity contribution in [2.45, 2.75) is 39.3 Å². The van der Waals surface area contributed by atoms with E-state index in [0.717, 1.165) is 10.0 Å². The first-order chi connectivity index (χ1) is 8.37. The molecule has 1 aromatic carbocycles. The predicted molar refractivity (Wildman–Crippen MR) is 76.3 cm³/mol. The SMILES string of the molecule is CC(C)(C)NCCC(=O)OCc1ccc(Br)cc1. The van der Waals surface area contributed by atoms with Crippen LogP contribution in [0.1, 0.15) is 32.8 Å². The number of ether oxygens (including phenoxy) is 1. The van der Waals surface area contributed by atoms with E-state index in [9.17, 15) is 4.79 Å². The van der Waals surface area contributed by atoms with Crippen molar-refractivity contribution in [3.63, 3.8) is 0 Å². The monoisotopic (exact) mass is 313 g/mol. The Morgan fingerprint density at radius 1 is 1.28 bits per heavy atom. The highest BCUT2D eigenvalue weighted by molar-refractivity contribution is 9.10. The van der Waals surface area contributed by atoms with Crippen molar-refractivity contribution >= 4 is 21.9 Å². The summed E-state index contributed by atoms with van der Waals surface area (Å²) in [4.78, 5) is 11.5. The standard InChI is InChI=1S/C14H20BrNO2/c1-14(2,3)16-9-8-13(17)18-10-11-4-6-12(15)7-5-11/h4-7,16H,8-10H2,1-3H3. The molecule has 0 saturated heterocycles. The van der Waals surface area contributed by atoms with Gasteiger partial charge in [-0.05, 0) is 38.5 Å². The number of carbonyl (C=O) groups excluding carboxylic acids is 1. The molecule has 0 aromatic heterocycles. The number of hydrogen-bond donors (Lipinski definition) is 1. The predicted octanol–water partition coefficient (Wildman–Crippen LogP) is 3.27. The Labute approximate surface area is 117 Å². The van der Waals surface area contributed by atoms with Gasteiger partial charge in [-0.25, -0.2) is 0 Å². The number of rotatable bonds is 5. The van der Waals surface area contributed by atoms with Crippen LogP contribution >= 0.6 is 15.9 Å². The molecule has 0 bridgehead atoms. The molecule has 4 heteroatoms. The van der Waals surface area contributed by atoms with Gasteiger partial charge < -0.3 is 10.1 Å². The van der Waals surface area contributed by atoms with Gasteiger partial charge in [0, 0.05) is 16.6 Å². The Kier molecular flexibility index (Phi) is 5.82. The lowest BCUT2D eigenvalue weighted by Crippen LogP contribution is -2.37. The number of esters is 1. The second-order valence-electron chi connectivity index (χ2n) is 5.21. The maximum atomic E-state index is 11.5. The van der Waals surface area contributed by atoms with Gasteiger partial charge in [0.05, 0.1) is 6.42 Å². The van der Waals surface area contributed by atoms with Gasteiger partial charge in [0.2, 0.25) is 0 Å². The molecular weight excluding hydrogens is 294 g/mol. The van der Waals surface area contributed by atoms with Crippen molar-refractivity contribution in [2.24, 2.45) is 0 Å². The second kappa shape index (κ2) is 6.90. The maximum Gasteiger partial charge on any atom is 0.307 e. The summed E-state index contributed by atoms with van der Waals surface area (Å²) >= 11 is 3.36. The van der Waals surface area contributed by atoms with Crippen LogP contribution in [-0.2, 0) is 16.1 Å². The highest BCUT2D eigenvalue weighted by Crippen LogP contribution is 2.11. The van der Waals surface area contributed by atoms with E-state index >= 15 is 0 Å². The van der Waals surface area contributed by atoms with E-state index in [-0.39, 0.29) is 11.5 Å². The molecule has 18 heavy (non-hydrogen) atoms. The molecule has 100 valence electrons. The van der Waals surface area contributed by atoms with Crippen LogP contribution in [0.2, 0.25) is 0 Å². The minimum atomic E-state index is -0.172. The number of halogens is 1. The summed E-state index contributed by atoms with van der Waals surface area (Å²) in [6, 6.07) is 7.74. The van der Waals surface area contributed by atoms with Crippen LogP contribution in [0.4, 0.5) is 0 Å². The Morgan fingerprint density at radius 2 is 1.89 bits per heavy atom. The molecule has 0 aliphatic rings. The topological polar surface area (TPSA) is 38.3 Å². The van der Waals surface area contributed by atoms with Gasteiger partial charge in [-0.2, -0.15) is 0 Å². The van der Waals surface area contributed by atoms with Crippen LogP contribution in [0.15, 0.2) is 28.7 Å². The van der Waals surface area contributed by atoms with Crippen molar-refractivity contribution in [1.82, 2.24) is 5.32 Å². The zero-order valence-corrected chi connectivity index (χ0v) is 12.7. The Morgan fingerprint density at radius 3 is 2.44 bits per heavy atom. The average Bonchev–Trinajstić information content (AvgIpc) is 2.26. The second-order valence-corrected chi connectivity index (χ2v) is 6.13. The Balaban J connectivity index is 2.23. The third-order valence-corrected chi connectivity index (χ3v) is 2.83. The molecule has 1 N–H and O–H groups in total. The fourth-order valence-electron chi connectivity index (χ4n) is 1.36. The molecule has 1 aromatic rings. The van der Waals surface area contributed by atoms with Crippen LogP contribution in [0, 0.1) is 0 Å². The molecule has 0 radical (unpaired) electrons. The smallest absolute Gasteiger partial charge is 0.307 e. The van der Waals surface area contributed by atoms with Gasteiger partial charge in [-0.1, -0.05) is 28.1 Å². The molecule has 0 unspecified atom stereocenters. The van der Waals surface area contributed by atoms with E-state index in [1.165, 1.54) is 0 Å². The molecule has 0 fully saturated rings. The maximum absolute atomic E-state index is 11.5. The molecule has 0 aliphatic carbocycles. The van der Waals surface area contributed by atoms with E-state index in [2.05, 4.69) is 42.0 Å². The normalized spacial score (nSPS) is 11.3. The van der Waals surface area contributed by atoms with E-state index < -0.39 is 0 Å². The third-order valence-electron chi connectivity index (χ3n) is 2.30. The summed E-state index contributed by atoms with van der Waals surface area (Å²) in [5.41, 5.74) is 1.03. The molecule has 3 nitrogen and oxygen atoms in total. The van der Waals surface area contributed by atoms with Crippen molar-refractivity contribution in [3.8, 4) is 0 Å². The zero-order valence-electron chi connectivity index (χ0n) is 11.1. The molecule has 0 aliphatic heterocycles. The summed E-state index contributed by atoms with van der Waals surface area (Å²) in [6.45, 7) is 7.19. The van der Waals surface area contributed by atoms with Gasteiger partial charge in [0.15, 0.2) is 0 Å². The van der Waals surface area contributed by atoms with Crippen LogP contribution in [0.3, 0.4) is 0 Å². The molecule has 0 spiro atoms. The molecular formula is C14H20BrNO2. The van der Waals surface area contributed by atoms with Crippen LogP contribution < -0.4 is 5.32 Å². The lowest BCUT2D eigenvalue weighted by molar-refractivity contribution is -0.144.